The number of nitrogens with zero attached hydrogens (tertiary/aromatic N) is 3. The molecule has 0 aliphatic carbocycles. The molecular formula is C21H19N3O6. The van der Waals surface area contributed by atoms with E-state index in [1.807, 2.05) is 0 Å². The van der Waals surface area contributed by atoms with Gasteiger partial charge in [-0.3, -0.25) is 19.8 Å². The van der Waals surface area contributed by atoms with Gasteiger partial charge in [0.2, 0.25) is 0 Å². The van der Waals surface area contributed by atoms with Crippen LogP contribution in [0.2, 0.25) is 0 Å². The molecule has 2 atom stereocenters. The van der Waals surface area contributed by atoms with Crippen LogP contribution in [0.15, 0.2) is 54.6 Å². The second-order valence-electron chi connectivity index (χ2n) is 7.25. The van der Waals surface area contributed by atoms with Crippen LogP contribution in [0.5, 0.6) is 0 Å². The summed E-state index contributed by atoms with van der Waals surface area (Å²) in [5.74, 6) is -0.915. The molecule has 2 aliphatic heterocycles. The van der Waals surface area contributed by atoms with Crippen LogP contribution < -0.4 is 0 Å². The molecule has 2 bridgehead atoms. The summed E-state index contributed by atoms with van der Waals surface area (Å²) >= 11 is 0. The molecule has 2 aromatic carbocycles. The maximum Gasteiger partial charge on any atom is 0.329 e. The van der Waals surface area contributed by atoms with E-state index >= 15 is 0 Å². The van der Waals surface area contributed by atoms with Crippen molar-refractivity contribution in [1.82, 2.24) is 9.80 Å². The normalized spacial score (nSPS) is 20.2. The third-order valence-electron chi connectivity index (χ3n) is 5.41. The molecule has 0 saturated carbocycles. The van der Waals surface area contributed by atoms with Gasteiger partial charge >= 0.3 is 12.0 Å². The van der Waals surface area contributed by atoms with Crippen molar-refractivity contribution in [1.29, 1.82) is 0 Å². The first-order valence-electron chi connectivity index (χ1n) is 9.55. The molecule has 2 saturated heterocycles. The molecule has 3 amide bonds. The highest BCUT2D eigenvalue weighted by atomic mass is 16.6. The van der Waals surface area contributed by atoms with Gasteiger partial charge in [0.05, 0.1) is 11.0 Å². The number of nitro groups is 1. The fourth-order valence-corrected chi connectivity index (χ4v) is 3.85. The number of benzene rings is 2. The van der Waals surface area contributed by atoms with Crippen LogP contribution in [0.4, 0.5) is 10.5 Å². The molecule has 0 unspecified atom stereocenters. The van der Waals surface area contributed by atoms with E-state index in [1.54, 1.807) is 30.3 Å². The molecule has 4 rings (SSSR count). The lowest BCUT2D eigenvalue weighted by molar-refractivity contribution is -0.384. The van der Waals surface area contributed by atoms with E-state index in [4.69, 9.17) is 4.74 Å². The van der Waals surface area contributed by atoms with Gasteiger partial charge in [0.25, 0.3) is 11.6 Å². The minimum absolute atomic E-state index is 0.0470. The van der Waals surface area contributed by atoms with Gasteiger partial charge < -0.3 is 9.64 Å². The summed E-state index contributed by atoms with van der Waals surface area (Å²) in [5, 5.41) is 10.7. The SMILES string of the molecule is O=C(OCc1ccc([N+](=O)[O-])cc1)[C@H]1CC[C@@H]2CN1C(=O)N2C(=O)c1ccccc1. The van der Waals surface area contributed by atoms with Crippen molar-refractivity contribution in [3.63, 3.8) is 0 Å². The van der Waals surface area contributed by atoms with Gasteiger partial charge in [-0.25, -0.2) is 9.59 Å². The van der Waals surface area contributed by atoms with E-state index in [0.29, 0.717) is 30.5 Å². The second-order valence-corrected chi connectivity index (χ2v) is 7.25. The number of hydrogen-bond donors (Lipinski definition) is 0. The van der Waals surface area contributed by atoms with Crippen LogP contribution in [-0.2, 0) is 16.1 Å². The number of hydrogen-bond acceptors (Lipinski definition) is 6. The average molecular weight is 409 g/mol. The Morgan fingerprint density at radius 2 is 1.77 bits per heavy atom. The Labute approximate surface area is 172 Å². The maximum atomic E-state index is 12.9. The monoisotopic (exact) mass is 409 g/mol. The quantitative estimate of drug-likeness (QED) is 0.427. The summed E-state index contributed by atoms with van der Waals surface area (Å²) in [6.07, 6.45) is 0.937. The zero-order chi connectivity index (χ0) is 21.3. The minimum atomic E-state index is -0.750. The van der Waals surface area contributed by atoms with Gasteiger partial charge in [-0.15, -0.1) is 0 Å². The molecule has 2 aromatic rings. The van der Waals surface area contributed by atoms with E-state index in [-0.39, 0.29) is 24.2 Å². The second kappa shape index (κ2) is 7.94. The highest BCUT2D eigenvalue weighted by Crippen LogP contribution is 2.31. The first-order chi connectivity index (χ1) is 14.5. The maximum absolute atomic E-state index is 12.9. The molecule has 0 radical (unpaired) electrons. The highest BCUT2D eigenvalue weighted by Gasteiger charge is 2.49. The fourth-order valence-electron chi connectivity index (χ4n) is 3.85. The van der Waals surface area contributed by atoms with E-state index in [0.717, 1.165) is 0 Å². The van der Waals surface area contributed by atoms with Gasteiger partial charge in [0.1, 0.15) is 12.6 Å². The number of imide groups is 1. The molecule has 2 aliphatic rings. The number of ether oxygens (including phenoxy) is 1. The van der Waals surface area contributed by atoms with Crippen LogP contribution in [0.25, 0.3) is 0 Å². The number of fused-ring (bicyclic) bond motifs is 2. The first kappa shape index (κ1) is 19.6. The minimum Gasteiger partial charge on any atom is -0.459 e. The molecular weight excluding hydrogens is 390 g/mol. The van der Waals surface area contributed by atoms with Crippen molar-refractivity contribution < 1.29 is 24.0 Å². The van der Waals surface area contributed by atoms with Crippen molar-refractivity contribution in [2.75, 3.05) is 6.54 Å². The number of piperidine rings is 1. The fraction of sp³-hybridized carbons (Fsp3) is 0.286. The van der Waals surface area contributed by atoms with Gasteiger partial charge in [0.15, 0.2) is 0 Å². The first-order valence-corrected chi connectivity index (χ1v) is 9.55. The Bertz CT molecular complexity index is 992. The van der Waals surface area contributed by atoms with Crippen molar-refractivity contribution in [3.8, 4) is 0 Å². The molecule has 2 heterocycles. The molecule has 2 fully saturated rings. The number of nitro benzene ring substituents is 1. The topological polar surface area (TPSA) is 110 Å². The summed E-state index contributed by atoms with van der Waals surface area (Å²) in [7, 11) is 0. The summed E-state index contributed by atoms with van der Waals surface area (Å²) in [6.45, 7) is 0.250. The van der Waals surface area contributed by atoms with E-state index < -0.39 is 23.0 Å². The predicted octanol–water partition coefficient (Wildman–Crippen LogP) is 2.75. The standard InChI is InChI=1S/C21H19N3O6/c25-19(15-4-2-1-3-5-15)23-17-10-11-18(22(12-17)21(23)27)20(26)30-13-14-6-8-16(9-7-14)24(28)29/h1-9,17-18H,10-13H2/t17-,18-/m1/s1. The number of carbonyl (C=O) groups is 3. The highest BCUT2D eigenvalue weighted by molar-refractivity contribution is 6.06. The largest absolute Gasteiger partial charge is 0.459 e. The number of amides is 3. The summed E-state index contributed by atoms with van der Waals surface area (Å²) in [4.78, 5) is 51.1. The number of esters is 1. The zero-order valence-electron chi connectivity index (χ0n) is 16.0. The lowest BCUT2D eigenvalue weighted by Gasteiger charge is -2.28. The van der Waals surface area contributed by atoms with Crippen LogP contribution in [-0.4, -0.2) is 51.3 Å². The van der Waals surface area contributed by atoms with Crippen LogP contribution >= 0.6 is 0 Å². The lowest BCUT2D eigenvalue weighted by Crippen LogP contribution is -2.45. The molecule has 0 aromatic heterocycles. The Kier molecular flexibility index (Phi) is 5.18. The number of non-ortho nitro benzene ring substituents is 1. The van der Waals surface area contributed by atoms with Gasteiger partial charge in [-0.05, 0) is 42.7 Å². The van der Waals surface area contributed by atoms with Crippen molar-refractivity contribution in [2.45, 2.75) is 31.5 Å². The zero-order valence-corrected chi connectivity index (χ0v) is 16.0. The van der Waals surface area contributed by atoms with Crippen molar-refractivity contribution >= 4 is 23.6 Å². The Balaban J connectivity index is 1.40. The molecule has 9 nitrogen and oxygen atoms in total. The van der Waals surface area contributed by atoms with Crippen LogP contribution in [0.3, 0.4) is 0 Å². The summed E-state index contributed by atoms with van der Waals surface area (Å²) in [6, 6.07) is 12.8. The average Bonchev–Trinajstić information content (AvgIpc) is 3.02. The molecule has 0 spiro atoms. The number of carbonyl (C=O) groups excluding carboxylic acids is 3. The predicted molar refractivity (Wildman–Crippen MR) is 104 cm³/mol. The van der Waals surface area contributed by atoms with E-state index in [2.05, 4.69) is 0 Å². The van der Waals surface area contributed by atoms with Gasteiger partial charge in [0, 0.05) is 24.2 Å². The van der Waals surface area contributed by atoms with Gasteiger partial charge in [-0.1, -0.05) is 18.2 Å². The van der Waals surface area contributed by atoms with Gasteiger partial charge in [-0.2, -0.15) is 0 Å². The lowest BCUT2D eigenvalue weighted by atomic mass is 10.0. The van der Waals surface area contributed by atoms with E-state index in [9.17, 15) is 24.5 Å². The molecule has 9 heteroatoms. The van der Waals surface area contributed by atoms with E-state index in [1.165, 1.54) is 34.1 Å². The molecule has 30 heavy (non-hydrogen) atoms. The Hall–Kier alpha value is -3.75. The van der Waals surface area contributed by atoms with Crippen molar-refractivity contribution in [3.05, 3.63) is 75.8 Å². The number of urea groups is 1. The smallest absolute Gasteiger partial charge is 0.329 e. The van der Waals surface area contributed by atoms with Crippen molar-refractivity contribution in [2.24, 2.45) is 0 Å². The molecule has 154 valence electrons. The number of rotatable bonds is 5. The van der Waals surface area contributed by atoms with Crippen LogP contribution in [0, 0.1) is 10.1 Å². The summed E-state index contributed by atoms with van der Waals surface area (Å²) in [5.41, 5.74) is 0.988. The Morgan fingerprint density at radius 1 is 1.07 bits per heavy atom. The Morgan fingerprint density at radius 3 is 2.43 bits per heavy atom. The van der Waals surface area contributed by atoms with Crippen LogP contribution in [0.1, 0.15) is 28.8 Å². The molecule has 0 N–H and O–H groups in total. The third-order valence-corrected chi connectivity index (χ3v) is 5.41. The third kappa shape index (κ3) is 3.61. The summed E-state index contributed by atoms with van der Waals surface area (Å²) < 4.78 is 5.34.